The van der Waals surface area contributed by atoms with Gasteiger partial charge in [-0.15, -0.1) is 0 Å². The van der Waals surface area contributed by atoms with Gasteiger partial charge in [0.25, 0.3) is 0 Å². The third-order valence-electron chi connectivity index (χ3n) is 10.1. The summed E-state index contributed by atoms with van der Waals surface area (Å²) >= 11 is 0. The van der Waals surface area contributed by atoms with Gasteiger partial charge in [0, 0.05) is 27.6 Å². The second-order valence-corrected chi connectivity index (χ2v) is 13.7. The molecule has 218 valence electrons. The number of hydrogen-bond acceptors (Lipinski definition) is 4. The maximum absolute atomic E-state index is 6.56. The molecule has 0 N–H and O–H groups in total. The predicted octanol–water partition coefficient (Wildman–Crippen LogP) is 9.66. The Bertz CT molecular complexity index is 2060. The lowest BCUT2D eigenvalue weighted by Gasteiger charge is -2.32. The molecule has 2 aliphatic rings. The van der Waals surface area contributed by atoms with E-state index in [4.69, 9.17) is 13.7 Å². The molecule has 1 fully saturated rings. The molecular formula is C39H36BNO3. The van der Waals surface area contributed by atoms with Crippen molar-refractivity contribution in [3.63, 3.8) is 0 Å². The van der Waals surface area contributed by atoms with Crippen molar-refractivity contribution in [3.8, 4) is 11.1 Å². The van der Waals surface area contributed by atoms with E-state index in [1.165, 1.54) is 22.3 Å². The van der Waals surface area contributed by atoms with Gasteiger partial charge in [-0.3, -0.25) is 0 Å². The standard InChI is InChI=1S/C39H36BNO3/c1-37(2)32-15-9-7-12-28(32)29-23-22-27(24-33(29)37)41(34-16-11-14-31-30-13-8-10-17-35(30)42-36(31)34)26-20-18-25(19-21-26)40-43-38(3,4)39(5,6)44-40/h7-24H,1-6H3. The minimum atomic E-state index is -0.416. The Morgan fingerprint density at radius 3 is 1.98 bits per heavy atom. The molecule has 4 nitrogen and oxygen atoms in total. The maximum atomic E-state index is 6.56. The first-order valence-electron chi connectivity index (χ1n) is 15.5. The number of furan rings is 1. The molecule has 6 aromatic rings. The van der Waals surface area contributed by atoms with Gasteiger partial charge in [0.2, 0.25) is 0 Å². The largest absolute Gasteiger partial charge is 0.494 e. The van der Waals surface area contributed by atoms with Gasteiger partial charge < -0.3 is 18.6 Å². The van der Waals surface area contributed by atoms with Gasteiger partial charge in [-0.05, 0) is 91.8 Å². The van der Waals surface area contributed by atoms with Crippen LogP contribution in [0.5, 0.6) is 0 Å². The first-order chi connectivity index (χ1) is 21.0. The van der Waals surface area contributed by atoms with E-state index in [0.717, 1.165) is 44.5 Å². The molecule has 0 spiro atoms. The Morgan fingerprint density at radius 1 is 0.568 bits per heavy atom. The van der Waals surface area contributed by atoms with Crippen molar-refractivity contribution < 1.29 is 13.7 Å². The van der Waals surface area contributed by atoms with Gasteiger partial charge >= 0.3 is 7.12 Å². The van der Waals surface area contributed by atoms with Gasteiger partial charge in [-0.1, -0.05) is 86.6 Å². The first kappa shape index (κ1) is 27.2. The topological polar surface area (TPSA) is 34.8 Å². The number of rotatable bonds is 4. The number of para-hydroxylation sites is 2. The van der Waals surface area contributed by atoms with Crippen molar-refractivity contribution in [2.24, 2.45) is 0 Å². The summed E-state index contributed by atoms with van der Waals surface area (Å²) in [5, 5.41) is 2.22. The predicted molar refractivity (Wildman–Crippen MR) is 182 cm³/mol. The van der Waals surface area contributed by atoms with Crippen molar-refractivity contribution in [2.75, 3.05) is 4.90 Å². The van der Waals surface area contributed by atoms with Crippen LogP contribution in [0.3, 0.4) is 0 Å². The lowest BCUT2D eigenvalue weighted by Crippen LogP contribution is -2.41. The second-order valence-electron chi connectivity index (χ2n) is 13.7. The summed E-state index contributed by atoms with van der Waals surface area (Å²) in [6.07, 6.45) is 0. The summed E-state index contributed by atoms with van der Waals surface area (Å²) in [6.45, 7) is 13.0. The Labute approximate surface area is 259 Å². The SMILES string of the molecule is CC1(C)c2ccccc2-c2ccc(N(c3ccc(B4OC(C)(C)C(C)(C)O4)cc3)c3cccc4c3oc3ccccc34)cc21. The molecule has 0 atom stereocenters. The summed E-state index contributed by atoms with van der Waals surface area (Å²) < 4.78 is 19.3. The van der Waals surface area contributed by atoms with Crippen molar-refractivity contribution >= 4 is 51.6 Å². The van der Waals surface area contributed by atoms with Gasteiger partial charge in [-0.2, -0.15) is 0 Å². The van der Waals surface area contributed by atoms with Crippen molar-refractivity contribution in [2.45, 2.75) is 58.2 Å². The summed E-state index contributed by atoms with van der Waals surface area (Å²) in [5.41, 5.74) is 10.3. The van der Waals surface area contributed by atoms with Crippen molar-refractivity contribution in [1.82, 2.24) is 0 Å². The molecule has 5 heteroatoms. The van der Waals surface area contributed by atoms with Crippen molar-refractivity contribution in [1.29, 1.82) is 0 Å². The quantitative estimate of drug-likeness (QED) is 0.196. The molecule has 1 saturated heterocycles. The number of anilines is 3. The van der Waals surface area contributed by atoms with E-state index in [9.17, 15) is 0 Å². The van der Waals surface area contributed by atoms with Gasteiger partial charge in [0.05, 0.1) is 16.9 Å². The number of nitrogens with zero attached hydrogens (tertiary/aromatic N) is 1. The third-order valence-corrected chi connectivity index (χ3v) is 10.1. The van der Waals surface area contributed by atoms with Crippen LogP contribution in [0.4, 0.5) is 17.1 Å². The number of fused-ring (bicyclic) bond motifs is 6. The zero-order valence-corrected chi connectivity index (χ0v) is 26.1. The molecule has 5 aromatic carbocycles. The molecule has 0 radical (unpaired) electrons. The maximum Gasteiger partial charge on any atom is 0.494 e. The van der Waals surface area contributed by atoms with Crippen LogP contribution in [0.15, 0.2) is 114 Å². The van der Waals surface area contributed by atoms with Crippen LogP contribution in [0.2, 0.25) is 0 Å². The molecule has 8 rings (SSSR count). The minimum absolute atomic E-state index is 0.112. The number of hydrogen-bond donors (Lipinski definition) is 0. The molecule has 1 aromatic heterocycles. The summed E-state index contributed by atoms with van der Waals surface area (Å²) in [7, 11) is -0.416. The van der Waals surface area contributed by atoms with Gasteiger partial charge in [0.15, 0.2) is 5.58 Å². The molecule has 0 amide bonds. The van der Waals surface area contributed by atoms with Crippen LogP contribution in [0, 0.1) is 0 Å². The third kappa shape index (κ3) is 3.92. The molecule has 0 bridgehead atoms. The molecule has 0 saturated carbocycles. The zero-order valence-electron chi connectivity index (χ0n) is 26.1. The van der Waals surface area contributed by atoms with E-state index in [-0.39, 0.29) is 5.41 Å². The second kappa shape index (κ2) is 9.34. The Hall–Kier alpha value is -4.32. The van der Waals surface area contributed by atoms with E-state index in [1.54, 1.807) is 0 Å². The number of benzene rings is 5. The molecule has 1 aliphatic heterocycles. The first-order valence-corrected chi connectivity index (χ1v) is 15.5. The fraction of sp³-hybridized carbons (Fsp3) is 0.231. The smallest absolute Gasteiger partial charge is 0.454 e. The molecule has 44 heavy (non-hydrogen) atoms. The van der Waals surface area contributed by atoms with Crippen LogP contribution < -0.4 is 10.4 Å². The summed E-state index contributed by atoms with van der Waals surface area (Å²) in [6, 6.07) is 38.9. The van der Waals surface area contributed by atoms with Crippen LogP contribution in [-0.2, 0) is 14.7 Å². The Balaban J connectivity index is 1.29. The fourth-order valence-electron chi connectivity index (χ4n) is 6.93. The Morgan fingerprint density at radius 2 is 1.20 bits per heavy atom. The van der Waals surface area contributed by atoms with Crippen LogP contribution in [0.1, 0.15) is 52.7 Å². The van der Waals surface area contributed by atoms with Crippen LogP contribution in [-0.4, -0.2) is 18.3 Å². The van der Waals surface area contributed by atoms with E-state index in [1.807, 2.05) is 12.1 Å². The average Bonchev–Trinajstić information content (AvgIpc) is 3.58. The molecule has 2 heterocycles. The highest BCUT2D eigenvalue weighted by Crippen LogP contribution is 2.51. The van der Waals surface area contributed by atoms with E-state index >= 15 is 0 Å². The molecule has 0 unspecified atom stereocenters. The molecule has 1 aliphatic carbocycles. The summed E-state index contributed by atoms with van der Waals surface area (Å²) in [4.78, 5) is 2.32. The van der Waals surface area contributed by atoms with E-state index in [2.05, 4.69) is 144 Å². The highest BCUT2D eigenvalue weighted by molar-refractivity contribution is 6.62. The lowest BCUT2D eigenvalue weighted by molar-refractivity contribution is 0.00578. The van der Waals surface area contributed by atoms with E-state index in [0.29, 0.717) is 0 Å². The molecular weight excluding hydrogens is 541 g/mol. The van der Waals surface area contributed by atoms with E-state index < -0.39 is 18.3 Å². The summed E-state index contributed by atoms with van der Waals surface area (Å²) in [5.74, 6) is 0. The van der Waals surface area contributed by atoms with Crippen LogP contribution in [0.25, 0.3) is 33.1 Å². The monoisotopic (exact) mass is 577 g/mol. The average molecular weight is 578 g/mol. The highest BCUT2D eigenvalue weighted by atomic mass is 16.7. The fourth-order valence-corrected chi connectivity index (χ4v) is 6.93. The van der Waals surface area contributed by atoms with Gasteiger partial charge in [-0.25, -0.2) is 0 Å². The van der Waals surface area contributed by atoms with Crippen molar-refractivity contribution in [3.05, 3.63) is 120 Å². The lowest BCUT2D eigenvalue weighted by atomic mass is 9.79. The van der Waals surface area contributed by atoms with Crippen LogP contribution >= 0.6 is 0 Å². The normalized spacial score (nSPS) is 17.6. The highest BCUT2D eigenvalue weighted by Gasteiger charge is 2.51. The van der Waals surface area contributed by atoms with Gasteiger partial charge in [0.1, 0.15) is 5.58 Å². The zero-order chi connectivity index (χ0) is 30.4. The minimum Gasteiger partial charge on any atom is -0.454 e. The Kier molecular flexibility index (Phi) is 5.79.